The van der Waals surface area contributed by atoms with Crippen molar-refractivity contribution < 1.29 is 85.2 Å². The number of benzene rings is 11. The number of ether oxygens (including phenoxy) is 1. The third kappa shape index (κ3) is 14.4. The maximum atomic E-state index is 6.09. The van der Waals surface area contributed by atoms with Crippen LogP contribution in [-0.2, 0) is 211 Å². The summed E-state index contributed by atoms with van der Waals surface area (Å²) in [6.07, 6.45) is 49.0. The number of hydrogen-bond donors (Lipinski definition) is 0. The van der Waals surface area contributed by atoms with Gasteiger partial charge in [0.2, 0.25) is 0 Å². The Morgan fingerprint density at radius 3 is 1.49 bits per heavy atom. The maximum absolute atomic E-state index is 6.09. The van der Waals surface area contributed by atoms with E-state index in [-0.39, 0.29) is 80.4 Å². The summed E-state index contributed by atoms with van der Waals surface area (Å²) in [7, 11) is 8.66. The Hall–Kier alpha value is -7.95. The summed E-state index contributed by atoms with van der Waals surface area (Å²) >= 11 is 1.88. The summed E-state index contributed by atoms with van der Waals surface area (Å²) in [6.45, 7) is 0. The average molecular weight is 2270 g/mol. The molecule has 0 N–H and O–H groups in total. The van der Waals surface area contributed by atoms with Crippen LogP contribution in [0.3, 0.4) is 0 Å². The number of para-hydroxylation sites is 1. The van der Waals surface area contributed by atoms with E-state index in [2.05, 4.69) is 236 Å². The van der Waals surface area contributed by atoms with Gasteiger partial charge < -0.3 is 4.74 Å². The van der Waals surface area contributed by atoms with Gasteiger partial charge in [0.25, 0.3) is 0 Å². The Bertz CT molecular complexity index is 6640. The molecule has 0 unspecified atom stereocenters. The smallest absolute Gasteiger partial charge is 0.192 e. The van der Waals surface area contributed by atoms with Crippen LogP contribution in [0.5, 0.6) is 11.5 Å². The minimum absolute atomic E-state index is 0. The molecule has 14 heteroatoms. The van der Waals surface area contributed by atoms with Gasteiger partial charge in [-0.1, -0.05) is 119 Å². The summed E-state index contributed by atoms with van der Waals surface area (Å²) in [4.78, 5) is 0. The Labute approximate surface area is 745 Å². The molecule has 6 heterocycles. The molecule has 1 aliphatic heterocycles. The van der Waals surface area contributed by atoms with Crippen molar-refractivity contribution in [2.24, 2.45) is 28.2 Å². The van der Waals surface area contributed by atoms with Crippen LogP contribution in [0.2, 0.25) is 0 Å². The molecular weight excluding hydrogens is 2170 g/mol. The van der Waals surface area contributed by atoms with Gasteiger partial charge in [-0.15, -0.1) is 52.3 Å². The molecule has 4 radical (unpaired) electrons. The standard InChI is InChI=1S/C32H30N2.C25H22N2O.C24H24N2S.C22H24N2.4Ir/c1-33-19-34(30-18-22-7-3-2-6-21(22)17-29(30)33)28-15-12-20-10-11-24-16-23-8-4-5-9-25(23)26-13-14-27(28)31(20)32(24)26;1-26-16-27(23-15-18-7-3-2-6-17(18)14-22(23)26)21-10-11-25-20(13-21)12-19-8-4-5-9-24(19)28-25;1-25-15-26(22-12-18-8-4-3-7-17(18)11-21(22)25)24-14-20-10-16-6-2-5-9-19(16)13-23(20)27-24;1-23-15-24(19-12-10-16-6-2-3-8-18(16)14-19)22-20-9-5-4-7-17(20)11-13-21(22)23;;;;/h10-11,13-19H,2-9,12H2,1H3;4-5,8-9,11,13-16H,2-3,6-7,12H2,1H3;10-13,15H,2-9H2,1H3;10-11,13-15H,2-9H2,1H3;;;;. The zero-order valence-corrected chi connectivity index (χ0v) is 78.0. The van der Waals surface area contributed by atoms with Crippen LogP contribution >= 0.6 is 11.3 Å². The number of thiophene rings is 1. The Morgan fingerprint density at radius 2 is 0.838 bits per heavy atom. The van der Waals surface area contributed by atoms with Crippen LogP contribution in [-0.4, -0.2) is 36.5 Å². The van der Waals surface area contributed by atoms with Crippen molar-refractivity contribution in [1.82, 2.24) is 36.5 Å². The molecule has 0 spiro atoms. The minimum Gasteiger partial charge on any atom is -0.516 e. The second-order valence-electron chi connectivity index (χ2n) is 34.5. The van der Waals surface area contributed by atoms with E-state index in [4.69, 9.17) is 4.74 Å². The van der Waals surface area contributed by atoms with Crippen molar-refractivity contribution in [2.45, 2.75) is 193 Å². The molecule has 25 rings (SSSR count). The summed E-state index contributed by atoms with van der Waals surface area (Å²) in [5.41, 5.74) is 39.9. The number of aromatic nitrogens is 8. The molecule has 0 amide bonds. The first kappa shape index (κ1) is 80.1. The van der Waals surface area contributed by atoms with Crippen molar-refractivity contribution in [1.29, 1.82) is 0 Å². The summed E-state index contributed by atoms with van der Waals surface area (Å²) in [5, 5.41) is 9.82. The van der Waals surface area contributed by atoms with Crippen molar-refractivity contribution >= 4 is 92.8 Å². The molecule has 16 aromatic rings. The fourth-order valence-electron chi connectivity index (χ4n) is 21.5. The number of rotatable bonds is 4. The fourth-order valence-corrected chi connectivity index (χ4v) is 22.5. The van der Waals surface area contributed by atoms with Gasteiger partial charge in [-0.2, -0.15) is 38.6 Å². The van der Waals surface area contributed by atoms with Crippen LogP contribution in [0.25, 0.3) is 97.8 Å². The van der Waals surface area contributed by atoms with Gasteiger partial charge in [-0.25, -0.2) is 27.4 Å². The van der Waals surface area contributed by atoms with E-state index in [0.717, 1.165) is 30.0 Å². The second kappa shape index (κ2) is 33.2. The molecule has 0 fully saturated rings. The Balaban J connectivity index is 0.000000107. The number of imidazole rings is 4. The fraction of sp³-hybridized carbons (Fsp3) is 0.330. The van der Waals surface area contributed by atoms with Crippen molar-refractivity contribution in [3.8, 4) is 27.9 Å². The molecule has 8 aliphatic carbocycles. The van der Waals surface area contributed by atoms with Crippen molar-refractivity contribution in [3.05, 3.63) is 289 Å². The normalized spacial score (nSPS) is 15.9. The van der Waals surface area contributed by atoms with E-state index in [0.29, 0.717) is 0 Å². The van der Waals surface area contributed by atoms with Crippen LogP contribution in [0.15, 0.2) is 165 Å². The van der Waals surface area contributed by atoms with Crippen LogP contribution in [0, 0.1) is 24.6 Å². The van der Waals surface area contributed by atoms with Gasteiger partial charge in [0.1, 0.15) is 10.8 Å². The number of aryl methyl sites for hydroxylation is 18. The van der Waals surface area contributed by atoms with Gasteiger partial charge in [-0.3, -0.25) is 0 Å². The van der Waals surface area contributed by atoms with Crippen LogP contribution in [0.4, 0.5) is 0 Å². The predicted molar refractivity (Wildman–Crippen MR) is 466 cm³/mol. The van der Waals surface area contributed by atoms with Gasteiger partial charge >= 0.3 is 0 Å². The Morgan fingerprint density at radius 1 is 0.359 bits per heavy atom. The van der Waals surface area contributed by atoms with E-state index in [1.54, 1.807) is 55.6 Å². The van der Waals surface area contributed by atoms with E-state index in [1.165, 1.54) is 316 Å². The molecule has 9 aliphatic rings. The van der Waals surface area contributed by atoms with Gasteiger partial charge in [0.05, 0.1) is 0 Å². The molecule has 11 aromatic carbocycles. The molecule has 0 bridgehead atoms. The number of hydrogen-bond acceptors (Lipinski definition) is 2. The molecule has 0 atom stereocenters. The number of nitrogens with zero attached hydrogens (tertiary/aromatic N) is 8. The molecule has 117 heavy (non-hydrogen) atoms. The zero-order chi connectivity index (χ0) is 75.1. The van der Waals surface area contributed by atoms with Crippen molar-refractivity contribution in [2.75, 3.05) is 0 Å². The van der Waals surface area contributed by atoms with Gasteiger partial charge in [-0.05, 0) is 257 Å². The van der Waals surface area contributed by atoms with Crippen LogP contribution in [0.1, 0.15) is 184 Å². The minimum atomic E-state index is 0. The third-order valence-electron chi connectivity index (χ3n) is 27.4. The molecular formula is C103H100Ir4N8OS. The SMILES string of the molecule is Cn1[cH+]n(-c2[c-]c3cc4c(cc3s2)CCCC4)c2cc3c(cc21)CCCC3.Cn1[cH+]n(-c2[c-]cc3c(c2)CCCC3)c2c3c(ccc21)CCCC3.Cn1[cH+]n(-c2[c-]cc3c(c2)Cc2ccccc2O3)c2cc3c(cc21)CCCC3.Cn1[cH+]n(C2=c3ccc4c5c(cc6ccc(c3c64)C[CH-]2)CCCC5)c2cc3c(cc21)CCCC3.[Ir].[Ir].[Ir].[Ir]. The van der Waals surface area contributed by atoms with E-state index in [9.17, 15) is 0 Å². The molecule has 0 saturated carbocycles. The van der Waals surface area contributed by atoms with Crippen molar-refractivity contribution in [3.63, 3.8) is 0 Å². The van der Waals surface area contributed by atoms with E-state index < -0.39 is 0 Å². The maximum Gasteiger partial charge on any atom is 0.192 e. The molecule has 0 saturated heterocycles. The largest absolute Gasteiger partial charge is 0.516 e. The second-order valence-corrected chi connectivity index (χ2v) is 35.5. The monoisotopic (exact) mass is 2270 g/mol. The number of fused-ring (bicyclic) bond motifs is 16. The quantitative estimate of drug-likeness (QED) is 0.162. The first-order valence-electron chi connectivity index (χ1n) is 42.9. The summed E-state index contributed by atoms with van der Waals surface area (Å²) < 4.78 is 26.0. The summed E-state index contributed by atoms with van der Waals surface area (Å²) in [5.74, 6) is 1.88. The molecule has 9 nitrogen and oxygen atoms in total. The topological polar surface area (TPSA) is 48.7 Å². The first-order valence-corrected chi connectivity index (χ1v) is 43.7. The van der Waals surface area contributed by atoms with Gasteiger partial charge in [0, 0.05) is 174 Å². The zero-order valence-electron chi connectivity index (χ0n) is 67.6. The van der Waals surface area contributed by atoms with E-state index >= 15 is 0 Å². The summed E-state index contributed by atoms with van der Waals surface area (Å²) in [6, 6.07) is 64.0. The van der Waals surface area contributed by atoms with Crippen LogP contribution < -0.4 is 9.96 Å². The van der Waals surface area contributed by atoms with Gasteiger partial charge in [0.15, 0.2) is 69.4 Å². The third-order valence-corrected chi connectivity index (χ3v) is 28.5. The molecule has 600 valence electrons. The predicted octanol–water partition coefficient (Wildman–Crippen LogP) is 22.9. The van der Waals surface area contributed by atoms with E-state index in [1.807, 2.05) is 29.5 Å². The Kier molecular flexibility index (Phi) is 22.8. The molecule has 5 aromatic heterocycles. The average Bonchev–Trinajstić information content (AvgIpc) is 1.45. The first-order chi connectivity index (χ1) is 55.6.